The number of unbranched alkanes of at least 4 members (excludes halogenated alkanes) is 10. The summed E-state index contributed by atoms with van der Waals surface area (Å²) in [6.45, 7) is 3.49. The molecule has 0 bridgehead atoms. The lowest BCUT2D eigenvalue weighted by Crippen LogP contribution is -2.60. The van der Waals surface area contributed by atoms with Crippen molar-refractivity contribution in [2.45, 2.75) is 153 Å². The van der Waals surface area contributed by atoms with E-state index in [0.717, 1.165) is 32.1 Å². The maximum absolute atomic E-state index is 12.7. The predicted octanol–water partition coefficient (Wildman–Crippen LogP) is 6.77. The first-order valence-corrected chi connectivity index (χ1v) is 21.2. The molecule has 1 heterocycles. The number of ether oxygens (including phenoxy) is 4. The standard InChI is InChI=1S/C41H66O12S/c1-3-5-7-9-11-13-15-17-19-21-23-25-27-29-36(42)50-31-34(32-51-41-40(46)39(45)38(44)35(53-41)33-54(47,48)49)52-37(43)30-28-26-24-22-20-18-16-14-12-10-8-6-4-2/h6,8,10,12,14,16-20,22,24,34-35,38-41,44-46H,3-5,7,9,11,13,15,21,23,25-33H2,1-2H3,(H,47,48,49)/b8-6+,12-10+,16-14+,19-17+,20-18+,24-22+/t34?,35-,38-,39?,40?,41+/m0/s1. The largest absolute Gasteiger partial charge is 0.462 e. The van der Waals surface area contributed by atoms with Gasteiger partial charge in [-0.2, -0.15) is 8.42 Å². The van der Waals surface area contributed by atoms with Gasteiger partial charge in [-0.05, 0) is 51.4 Å². The Hall–Kier alpha value is -2.91. The fourth-order valence-electron chi connectivity index (χ4n) is 5.35. The Labute approximate surface area is 323 Å². The molecule has 1 aliphatic rings. The van der Waals surface area contributed by atoms with E-state index in [1.807, 2.05) is 54.7 Å². The molecule has 308 valence electrons. The fourth-order valence-corrected chi connectivity index (χ4v) is 6.04. The van der Waals surface area contributed by atoms with Crippen molar-refractivity contribution >= 4 is 22.1 Å². The summed E-state index contributed by atoms with van der Waals surface area (Å²) in [6.07, 6.45) is 28.3. The van der Waals surface area contributed by atoms with Gasteiger partial charge in [0.05, 0.1) is 6.61 Å². The van der Waals surface area contributed by atoms with Crippen LogP contribution in [-0.4, -0.2) is 96.0 Å². The normalized spacial score (nSPS) is 21.8. The zero-order chi connectivity index (χ0) is 39.9. The van der Waals surface area contributed by atoms with E-state index in [9.17, 15) is 37.9 Å². The van der Waals surface area contributed by atoms with Gasteiger partial charge in [0.25, 0.3) is 10.1 Å². The molecule has 3 unspecified atom stereocenters. The first-order valence-electron chi connectivity index (χ1n) is 19.6. The smallest absolute Gasteiger partial charge is 0.306 e. The van der Waals surface area contributed by atoms with E-state index in [0.29, 0.717) is 19.3 Å². The Morgan fingerprint density at radius 2 is 1.20 bits per heavy atom. The third kappa shape index (κ3) is 26.0. The minimum Gasteiger partial charge on any atom is -0.462 e. The highest BCUT2D eigenvalue weighted by Gasteiger charge is 2.46. The van der Waals surface area contributed by atoms with Crippen LogP contribution in [0, 0.1) is 0 Å². The molecule has 1 rings (SSSR count). The lowest BCUT2D eigenvalue weighted by Gasteiger charge is -2.40. The SMILES string of the molecule is CC/C=C/C=C/C=C/C=C/C=C/CCCC(=O)OC(COC(=O)CCCCC/C=C/CCCCCCCC)CO[C@@H]1O[C@@H](CS(=O)(=O)O)[C@H](O)C(O)C1O. The summed E-state index contributed by atoms with van der Waals surface area (Å²) in [5.41, 5.74) is 0. The lowest BCUT2D eigenvalue weighted by atomic mass is 10.00. The lowest BCUT2D eigenvalue weighted by molar-refractivity contribution is -0.297. The van der Waals surface area contributed by atoms with Gasteiger partial charge in [0.15, 0.2) is 12.4 Å². The van der Waals surface area contributed by atoms with Crippen LogP contribution in [0.4, 0.5) is 0 Å². The second-order valence-electron chi connectivity index (χ2n) is 13.3. The second-order valence-corrected chi connectivity index (χ2v) is 14.8. The molecule has 54 heavy (non-hydrogen) atoms. The summed E-state index contributed by atoms with van der Waals surface area (Å²) in [4.78, 5) is 25.2. The molecular weight excluding hydrogens is 717 g/mol. The van der Waals surface area contributed by atoms with E-state index in [1.165, 1.54) is 38.5 Å². The average Bonchev–Trinajstić information content (AvgIpc) is 3.13. The minimum absolute atomic E-state index is 0.0613. The quantitative estimate of drug-likeness (QED) is 0.0197. The Morgan fingerprint density at radius 3 is 1.83 bits per heavy atom. The van der Waals surface area contributed by atoms with Crippen molar-refractivity contribution < 1.29 is 56.8 Å². The molecular formula is C41H66O12S. The van der Waals surface area contributed by atoms with E-state index in [1.54, 1.807) is 0 Å². The van der Waals surface area contributed by atoms with Gasteiger partial charge < -0.3 is 34.3 Å². The van der Waals surface area contributed by atoms with Crippen LogP contribution in [0.3, 0.4) is 0 Å². The van der Waals surface area contributed by atoms with Gasteiger partial charge in [-0.1, -0.05) is 125 Å². The Balaban J connectivity index is 2.60. The number of carbonyl (C=O) groups is 2. The van der Waals surface area contributed by atoms with E-state index in [4.69, 9.17) is 18.9 Å². The number of allylic oxidation sites excluding steroid dienone is 12. The molecule has 12 nitrogen and oxygen atoms in total. The van der Waals surface area contributed by atoms with Gasteiger partial charge in [0.2, 0.25) is 0 Å². The van der Waals surface area contributed by atoms with Gasteiger partial charge in [-0.3, -0.25) is 14.1 Å². The summed E-state index contributed by atoms with van der Waals surface area (Å²) in [5.74, 6) is -2.11. The molecule has 1 aliphatic heterocycles. The minimum atomic E-state index is -4.61. The number of carbonyl (C=O) groups excluding carboxylic acids is 2. The fraction of sp³-hybridized carbons (Fsp3) is 0.659. The molecule has 1 fully saturated rings. The van der Waals surface area contributed by atoms with E-state index >= 15 is 0 Å². The van der Waals surface area contributed by atoms with Crippen LogP contribution in [0.5, 0.6) is 0 Å². The van der Waals surface area contributed by atoms with Crippen LogP contribution in [0.1, 0.15) is 117 Å². The van der Waals surface area contributed by atoms with E-state index < -0.39 is 71.2 Å². The molecule has 0 saturated carbocycles. The first kappa shape index (κ1) is 49.1. The number of rotatable bonds is 30. The molecule has 0 aromatic rings. The second kappa shape index (κ2) is 31.3. The highest BCUT2D eigenvalue weighted by atomic mass is 32.2. The molecule has 0 aromatic heterocycles. The molecule has 1 saturated heterocycles. The number of hydrogen-bond donors (Lipinski definition) is 4. The zero-order valence-electron chi connectivity index (χ0n) is 32.3. The summed E-state index contributed by atoms with van der Waals surface area (Å²) >= 11 is 0. The molecule has 4 N–H and O–H groups in total. The molecule has 0 radical (unpaired) electrons. The van der Waals surface area contributed by atoms with Crippen molar-refractivity contribution in [1.29, 1.82) is 0 Å². The van der Waals surface area contributed by atoms with Crippen molar-refractivity contribution in [2.24, 2.45) is 0 Å². The van der Waals surface area contributed by atoms with Gasteiger partial charge >= 0.3 is 11.9 Å². The zero-order valence-corrected chi connectivity index (χ0v) is 33.1. The van der Waals surface area contributed by atoms with Crippen LogP contribution in [0.15, 0.2) is 72.9 Å². The summed E-state index contributed by atoms with van der Waals surface area (Å²) in [5, 5.41) is 30.7. The van der Waals surface area contributed by atoms with Gasteiger partial charge in [0, 0.05) is 12.8 Å². The Morgan fingerprint density at radius 1 is 0.648 bits per heavy atom. The third-order valence-corrected chi connectivity index (χ3v) is 9.15. The summed E-state index contributed by atoms with van der Waals surface area (Å²) in [6, 6.07) is 0. The van der Waals surface area contributed by atoms with E-state index in [-0.39, 0.29) is 19.4 Å². The Bertz CT molecular complexity index is 1290. The molecule has 6 atom stereocenters. The first-order chi connectivity index (χ1) is 26.0. The van der Waals surface area contributed by atoms with Crippen molar-refractivity contribution in [1.82, 2.24) is 0 Å². The maximum Gasteiger partial charge on any atom is 0.306 e. The highest BCUT2D eigenvalue weighted by molar-refractivity contribution is 7.85. The Kier molecular flexibility index (Phi) is 28.5. The van der Waals surface area contributed by atoms with Crippen LogP contribution < -0.4 is 0 Å². The van der Waals surface area contributed by atoms with Crippen LogP contribution in [0.25, 0.3) is 0 Å². The number of hydrogen-bond acceptors (Lipinski definition) is 11. The molecule has 13 heteroatoms. The van der Waals surface area contributed by atoms with Crippen molar-refractivity contribution in [2.75, 3.05) is 19.0 Å². The third-order valence-electron chi connectivity index (χ3n) is 8.40. The van der Waals surface area contributed by atoms with Crippen LogP contribution in [-0.2, 0) is 38.7 Å². The maximum atomic E-state index is 12.7. The predicted molar refractivity (Wildman–Crippen MR) is 210 cm³/mol. The van der Waals surface area contributed by atoms with Gasteiger partial charge in [0.1, 0.15) is 36.8 Å². The van der Waals surface area contributed by atoms with Crippen LogP contribution in [0.2, 0.25) is 0 Å². The number of esters is 2. The molecule has 0 amide bonds. The summed E-state index contributed by atoms with van der Waals surface area (Å²) < 4.78 is 53.7. The molecule has 0 aliphatic carbocycles. The van der Waals surface area contributed by atoms with Crippen molar-refractivity contribution in [3.05, 3.63) is 72.9 Å². The average molecular weight is 783 g/mol. The van der Waals surface area contributed by atoms with E-state index in [2.05, 4.69) is 32.1 Å². The van der Waals surface area contributed by atoms with Crippen LogP contribution >= 0.6 is 0 Å². The highest BCUT2D eigenvalue weighted by Crippen LogP contribution is 2.23. The molecule has 0 aromatic carbocycles. The summed E-state index contributed by atoms with van der Waals surface area (Å²) in [7, 11) is -4.61. The number of aliphatic hydroxyl groups is 3. The monoisotopic (exact) mass is 782 g/mol. The number of aliphatic hydroxyl groups excluding tert-OH is 3. The van der Waals surface area contributed by atoms with Gasteiger partial charge in [-0.15, -0.1) is 0 Å². The molecule has 0 spiro atoms. The van der Waals surface area contributed by atoms with Gasteiger partial charge in [-0.25, -0.2) is 0 Å². The van der Waals surface area contributed by atoms with Crippen molar-refractivity contribution in [3.63, 3.8) is 0 Å². The van der Waals surface area contributed by atoms with Crippen molar-refractivity contribution in [3.8, 4) is 0 Å². The topological polar surface area (TPSA) is 186 Å².